The summed E-state index contributed by atoms with van der Waals surface area (Å²) in [5.74, 6) is -0.682. The van der Waals surface area contributed by atoms with Gasteiger partial charge in [-0.3, -0.25) is 4.79 Å². The first-order valence-electron chi connectivity index (χ1n) is 16.8. The van der Waals surface area contributed by atoms with Crippen LogP contribution in [-0.4, -0.2) is 76.0 Å². The monoisotopic (exact) mass is 584 g/mol. The Morgan fingerprint density at radius 2 is 1.24 bits per heavy atom. The molecule has 8 heteroatoms. The van der Waals surface area contributed by atoms with Crippen molar-refractivity contribution in [1.82, 2.24) is 4.90 Å². The highest BCUT2D eigenvalue weighted by atomic mass is 16.7. The van der Waals surface area contributed by atoms with Gasteiger partial charge in [-0.05, 0) is 52.1 Å². The summed E-state index contributed by atoms with van der Waals surface area (Å²) in [7, 11) is 0. The van der Waals surface area contributed by atoms with Crippen LogP contribution in [0.5, 0.6) is 0 Å². The lowest BCUT2D eigenvalue weighted by Gasteiger charge is -2.26. The molecule has 0 bridgehead atoms. The van der Waals surface area contributed by atoms with E-state index in [1.54, 1.807) is 0 Å². The maximum absolute atomic E-state index is 12.4. The number of esters is 1. The molecule has 0 aromatic rings. The van der Waals surface area contributed by atoms with Crippen LogP contribution < -0.4 is 0 Å². The Balaban J connectivity index is 2.18. The molecule has 0 aromatic heterocycles. The fourth-order valence-corrected chi connectivity index (χ4v) is 4.83. The summed E-state index contributed by atoms with van der Waals surface area (Å²) in [6.07, 6.45) is 18.6. The third-order valence-electron chi connectivity index (χ3n) is 7.39. The van der Waals surface area contributed by atoms with Gasteiger partial charge in [-0.2, -0.15) is 0 Å². The summed E-state index contributed by atoms with van der Waals surface area (Å²) < 4.78 is 27.6. The van der Waals surface area contributed by atoms with E-state index in [9.17, 15) is 9.59 Å². The summed E-state index contributed by atoms with van der Waals surface area (Å²) in [5, 5.41) is 0. The molecule has 0 saturated carbocycles. The fraction of sp³-hybridized carbons (Fsp3) is 0.909. The Morgan fingerprint density at radius 1 is 0.683 bits per heavy atom. The van der Waals surface area contributed by atoms with Crippen molar-refractivity contribution in [1.29, 1.82) is 0 Å². The van der Waals surface area contributed by atoms with E-state index < -0.39 is 12.4 Å². The SMILES string of the molecule is [CH2]C(COC(=O)CCC(OCCCCCCCC)OCCCCCCCC)COC(=O)OCCCN1CCCCC1. The lowest BCUT2D eigenvalue weighted by atomic mass is 10.1. The minimum absolute atomic E-state index is 0.0452. The molecule has 1 aliphatic rings. The van der Waals surface area contributed by atoms with Crippen molar-refractivity contribution in [2.24, 2.45) is 5.92 Å². The van der Waals surface area contributed by atoms with Crippen molar-refractivity contribution in [3.8, 4) is 0 Å². The van der Waals surface area contributed by atoms with Crippen molar-refractivity contribution < 1.29 is 33.3 Å². The predicted molar refractivity (Wildman–Crippen MR) is 164 cm³/mol. The van der Waals surface area contributed by atoms with Crippen molar-refractivity contribution >= 4 is 12.1 Å². The van der Waals surface area contributed by atoms with Crippen LogP contribution in [0.4, 0.5) is 4.79 Å². The number of rotatable bonds is 27. The number of carbonyl (C=O) groups excluding carboxylic acids is 2. The summed E-state index contributed by atoms with van der Waals surface area (Å²) in [6.45, 7) is 13.3. The largest absolute Gasteiger partial charge is 0.508 e. The molecule has 1 heterocycles. The van der Waals surface area contributed by atoms with Crippen molar-refractivity contribution in [3.63, 3.8) is 0 Å². The molecule has 1 atom stereocenters. The number of hydrogen-bond acceptors (Lipinski definition) is 8. The topological polar surface area (TPSA) is 83.5 Å². The molecule has 1 unspecified atom stereocenters. The molecule has 1 fully saturated rings. The highest BCUT2D eigenvalue weighted by Crippen LogP contribution is 2.13. The molecule has 1 rings (SSSR count). The molecule has 0 aliphatic carbocycles. The first kappa shape index (κ1) is 37.6. The second kappa shape index (κ2) is 27.5. The van der Waals surface area contributed by atoms with E-state index >= 15 is 0 Å². The predicted octanol–water partition coefficient (Wildman–Crippen LogP) is 7.87. The smallest absolute Gasteiger partial charge is 0.465 e. The average Bonchev–Trinajstić information content (AvgIpc) is 2.99. The molecule has 1 saturated heterocycles. The molecule has 0 aromatic carbocycles. The molecule has 1 aliphatic heterocycles. The number of piperidine rings is 1. The molecule has 41 heavy (non-hydrogen) atoms. The van der Waals surface area contributed by atoms with Crippen LogP contribution in [0.2, 0.25) is 0 Å². The Bertz CT molecular complexity index is 594. The number of hydrogen-bond donors (Lipinski definition) is 0. The number of ether oxygens (including phenoxy) is 5. The maximum Gasteiger partial charge on any atom is 0.508 e. The zero-order chi connectivity index (χ0) is 29.8. The Labute approximate surface area is 251 Å². The molecule has 0 N–H and O–H groups in total. The van der Waals surface area contributed by atoms with E-state index in [1.165, 1.54) is 70.6 Å². The van der Waals surface area contributed by atoms with E-state index in [2.05, 4.69) is 25.7 Å². The Hall–Kier alpha value is -1.38. The third-order valence-corrected chi connectivity index (χ3v) is 7.39. The second-order valence-electron chi connectivity index (χ2n) is 11.5. The van der Waals surface area contributed by atoms with Gasteiger partial charge in [0.1, 0.15) is 6.61 Å². The van der Waals surface area contributed by atoms with Crippen LogP contribution in [0.25, 0.3) is 0 Å². The summed E-state index contributed by atoms with van der Waals surface area (Å²) in [4.78, 5) is 26.6. The quantitative estimate of drug-likeness (QED) is 0.0548. The molecule has 8 nitrogen and oxygen atoms in total. The fourth-order valence-electron chi connectivity index (χ4n) is 4.83. The van der Waals surface area contributed by atoms with Gasteiger partial charge in [-0.15, -0.1) is 0 Å². The highest BCUT2D eigenvalue weighted by Gasteiger charge is 2.16. The average molecular weight is 585 g/mol. The zero-order valence-corrected chi connectivity index (χ0v) is 26.6. The number of carbonyl (C=O) groups is 2. The number of nitrogens with zero attached hydrogens (tertiary/aromatic N) is 1. The summed E-state index contributed by atoms with van der Waals surface area (Å²) in [5.41, 5.74) is 0. The molecule has 0 amide bonds. The van der Waals surface area contributed by atoms with E-state index in [4.69, 9.17) is 23.7 Å². The molecule has 0 spiro atoms. The van der Waals surface area contributed by atoms with Gasteiger partial charge >= 0.3 is 12.1 Å². The van der Waals surface area contributed by atoms with Gasteiger partial charge in [0.15, 0.2) is 6.29 Å². The first-order chi connectivity index (χ1) is 20.0. The standard InChI is InChI=1S/C33H62NO7/c1-4-6-8-10-12-17-25-37-32(38-26-18-13-11-9-7-5-2)21-20-31(35)40-28-30(3)29-41-33(36)39-27-19-24-34-22-15-14-16-23-34/h30,32H,3-29H2,1-2H3. The Morgan fingerprint density at radius 3 is 1.85 bits per heavy atom. The van der Waals surface area contributed by atoms with Crippen LogP contribution in [0.1, 0.15) is 129 Å². The van der Waals surface area contributed by atoms with Crippen molar-refractivity contribution in [2.45, 2.75) is 136 Å². The highest BCUT2D eigenvalue weighted by molar-refractivity contribution is 5.69. The summed E-state index contributed by atoms with van der Waals surface area (Å²) >= 11 is 0. The molecular formula is C33H62NO7. The molecule has 1 radical (unpaired) electrons. The molecular weight excluding hydrogens is 522 g/mol. The number of unbranched alkanes of at least 4 members (excludes halogenated alkanes) is 10. The van der Waals surface area contributed by atoms with Crippen molar-refractivity contribution in [2.75, 3.05) is 52.7 Å². The van der Waals surface area contributed by atoms with E-state index in [0.717, 1.165) is 51.7 Å². The minimum atomic E-state index is -0.698. The van der Waals surface area contributed by atoms with Crippen LogP contribution >= 0.6 is 0 Å². The van der Waals surface area contributed by atoms with E-state index in [0.29, 0.717) is 26.2 Å². The van der Waals surface area contributed by atoms with Crippen LogP contribution in [0, 0.1) is 12.8 Å². The van der Waals surface area contributed by atoms with Crippen LogP contribution in [0.15, 0.2) is 0 Å². The van der Waals surface area contributed by atoms with E-state index in [1.807, 2.05) is 0 Å². The first-order valence-corrected chi connectivity index (χ1v) is 16.8. The van der Waals surface area contributed by atoms with Crippen LogP contribution in [-0.2, 0) is 28.5 Å². The molecule has 241 valence electrons. The maximum atomic E-state index is 12.4. The number of likely N-dealkylation sites (tertiary alicyclic amines) is 1. The zero-order valence-electron chi connectivity index (χ0n) is 26.6. The van der Waals surface area contributed by atoms with Crippen LogP contribution in [0.3, 0.4) is 0 Å². The lowest BCUT2D eigenvalue weighted by Crippen LogP contribution is -2.31. The summed E-state index contributed by atoms with van der Waals surface area (Å²) in [6, 6.07) is 0. The van der Waals surface area contributed by atoms with Gasteiger partial charge in [0, 0.05) is 32.1 Å². The third kappa shape index (κ3) is 23.8. The van der Waals surface area contributed by atoms with Gasteiger partial charge in [-0.25, -0.2) is 4.79 Å². The second-order valence-corrected chi connectivity index (χ2v) is 11.5. The van der Waals surface area contributed by atoms with Gasteiger partial charge in [0.2, 0.25) is 0 Å². The van der Waals surface area contributed by atoms with Crippen molar-refractivity contribution in [3.05, 3.63) is 6.92 Å². The Kier molecular flexibility index (Phi) is 25.2. The van der Waals surface area contributed by atoms with Gasteiger partial charge < -0.3 is 28.6 Å². The van der Waals surface area contributed by atoms with Gasteiger partial charge in [0.25, 0.3) is 0 Å². The lowest BCUT2D eigenvalue weighted by molar-refractivity contribution is -0.160. The minimum Gasteiger partial charge on any atom is -0.465 e. The van der Waals surface area contributed by atoms with E-state index in [-0.39, 0.29) is 31.5 Å². The van der Waals surface area contributed by atoms with Gasteiger partial charge in [-0.1, -0.05) is 84.5 Å². The normalized spacial score (nSPS) is 14.7. The van der Waals surface area contributed by atoms with Gasteiger partial charge in [0.05, 0.1) is 19.6 Å².